The van der Waals surface area contributed by atoms with Crippen LogP contribution in [0, 0.1) is 13.8 Å². The van der Waals surface area contributed by atoms with E-state index in [-0.39, 0.29) is 0 Å². The van der Waals surface area contributed by atoms with Crippen LogP contribution in [-0.2, 0) is 4.74 Å². The zero-order valence-electron chi connectivity index (χ0n) is 15.4. The van der Waals surface area contributed by atoms with Gasteiger partial charge in [0.2, 0.25) is 0 Å². The molecule has 0 bridgehead atoms. The smallest absolute Gasteiger partial charge is 0.339 e. The molecule has 138 valence electrons. The molecule has 7 nitrogen and oxygen atoms in total. The van der Waals surface area contributed by atoms with Crippen LogP contribution < -0.4 is 16.4 Å². The standard InChI is InChI=1S/C20H21N5O2/c1-12-8-9-14(10-13(12)2)24-18-17(21)19(23-11-22-18)25-16-7-5-4-6-15(16)20(26)27-3/h4-11H,21H2,1-3H3,(H2,22,23,24,25). The van der Waals surface area contributed by atoms with Gasteiger partial charge in [0.15, 0.2) is 11.6 Å². The molecule has 0 unspecified atom stereocenters. The first-order valence-corrected chi connectivity index (χ1v) is 8.38. The Hall–Kier alpha value is -3.61. The van der Waals surface area contributed by atoms with Crippen LogP contribution in [0.5, 0.6) is 0 Å². The lowest BCUT2D eigenvalue weighted by Crippen LogP contribution is -2.09. The molecule has 0 saturated heterocycles. The number of carbonyl (C=O) groups is 1. The summed E-state index contributed by atoms with van der Waals surface area (Å²) in [5.74, 6) is 0.429. The minimum absolute atomic E-state index is 0.343. The minimum Gasteiger partial charge on any atom is -0.465 e. The topological polar surface area (TPSA) is 102 Å². The summed E-state index contributed by atoms with van der Waals surface area (Å²) in [6.07, 6.45) is 1.41. The summed E-state index contributed by atoms with van der Waals surface area (Å²) < 4.78 is 4.81. The van der Waals surface area contributed by atoms with Crippen molar-refractivity contribution in [2.45, 2.75) is 13.8 Å². The molecule has 0 spiro atoms. The van der Waals surface area contributed by atoms with E-state index >= 15 is 0 Å². The summed E-state index contributed by atoms with van der Waals surface area (Å²) in [6.45, 7) is 4.10. The molecule has 2 aromatic carbocycles. The van der Waals surface area contributed by atoms with E-state index in [1.54, 1.807) is 24.3 Å². The highest BCUT2D eigenvalue weighted by Crippen LogP contribution is 2.30. The van der Waals surface area contributed by atoms with Crippen molar-refractivity contribution in [2.24, 2.45) is 0 Å². The van der Waals surface area contributed by atoms with Crippen molar-refractivity contribution >= 4 is 34.7 Å². The van der Waals surface area contributed by atoms with Crippen LogP contribution in [0.4, 0.5) is 28.7 Å². The third-order valence-corrected chi connectivity index (χ3v) is 4.24. The molecule has 7 heteroatoms. The highest BCUT2D eigenvalue weighted by molar-refractivity contribution is 5.97. The number of nitrogens with two attached hydrogens (primary N) is 1. The summed E-state index contributed by atoms with van der Waals surface area (Å²) >= 11 is 0. The molecule has 0 amide bonds. The number of rotatable bonds is 5. The molecule has 0 aliphatic rings. The van der Waals surface area contributed by atoms with Gasteiger partial charge in [-0.05, 0) is 49.2 Å². The second-order valence-corrected chi connectivity index (χ2v) is 6.07. The van der Waals surface area contributed by atoms with Crippen LogP contribution in [0.3, 0.4) is 0 Å². The maximum Gasteiger partial charge on any atom is 0.339 e. The Morgan fingerprint density at radius 1 is 1.00 bits per heavy atom. The lowest BCUT2D eigenvalue weighted by molar-refractivity contribution is 0.0602. The van der Waals surface area contributed by atoms with Crippen molar-refractivity contribution in [3.63, 3.8) is 0 Å². The fourth-order valence-electron chi connectivity index (χ4n) is 2.56. The van der Waals surface area contributed by atoms with E-state index in [2.05, 4.69) is 27.5 Å². The van der Waals surface area contributed by atoms with Crippen LogP contribution >= 0.6 is 0 Å². The minimum atomic E-state index is -0.445. The van der Waals surface area contributed by atoms with E-state index in [0.717, 1.165) is 11.3 Å². The summed E-state index contributed by atoms with van der Waals surface area (Å²) in [5, 5.41) is 6.29. The number of para-hydroxylation sites is 1. The normalized spacial score (nSPS) is 10.3. The highest BCUT2D eigenvalue weighted by atomic mass is 16.5. The fraction of sp³-hybridized carbons (Fsp3) is 0.150. The molecular weight excluding hydrogens is 342 g/mol. The van der Waals surface area contributed by atoms with Gasteiger partial charge in [0.05, 0.1) is 18.4 Å². The van der Waals surface area contributed by atoms with Gasteiger partial charge in [-0.2, -0.15) is 0 Å². The highest BCUT2D eigenvalue weighted by Gasteiger charge is 2.14. The Morgan fingerprint density at radius 3 is 2.41 bits per heavy atom. The van der Waals surface area contributed by atoms with E-state index < -0.39 is 5.97 Å². The Kier molecular flexibility index (Phi) is 5.21. The van der Waals surface area contributed by atoms with E-state index in [4.69, 9.17) is 10.5 Å². The van der Waals surface area contributed by atoms with Crippen molar-refractivity contribution in [3.05, 3.63) is 65.5 Å². The number of carbonyl (C=O) groups excluding carboxylic acids is 1. The monoisotopic (exact) mass is 363 g/mol. The average molecular weight is 363 g/mol. The molecule has 4 N–H and O–H groups in total. The molecule has 1 heterocycles. The first-order valence-electron chi connectivity index (χ1n) is 8.38. The van der Waals surface area contributed by atoms with Crippen LogP contribution in [-0.4, -0.2) is 23.0 Å². The number of hydrogen-bond donors (Lipinski definition) is 3. The van der Waals surface area contributed by atoms with E-state index in [1.165, 1.54) is 19.0 Å². The second kappa shape index (κ2) is 7.74. The van der Waals surface area contributed by atoms with Gasteiger partial charge in [-0.3, -0.25) is 0 Å². The number of hydrogen-bond acceptors (Lipinski definition) is 7. The zero-order chi connectivity index (χ0) is 19.4. The molecule has 0 atom stereocenters. The Morgan fingerprint density at radius 2 is 1.70 bits per heavy atom. The number of aryl methyl sites for hydroxylation is 2. The summed E-state index contributed by atoms with van der Waals surface area (Å²) in [4.78, 5) is 20.4. The number of esters is 1. The predicted molar refractivity (Wildman–Crippen MR) is 107 cm³/mol. The molecule has 3 aromatic rings. The molecule has 0 radical (unpaired) electrons. The number of anilines is 5. The molecule has 0 aliphatic heterocycles. The number of aromatic nitrogens is 2. The molecule has 0 saturated carbocycles. The molecule has 0 aliphatic carbocycles. The van der Waals surface area contributed by atoms with Gasteiger partial charge in [-0.15, -0.1) is 0 Å². The van der Waals surface area contributed by atoms with Gasteiger partial charge >= 0.3 is 5.97 Å². The van der Waals surface area contributed by atoms with E-state index in [9.17, 15) is 4.79 Å². The Bertz CT molecular complexity index is 988. The van der Waals surface area contributed by atoms with E-state index in [1.807, 2.05) is 25.1 Å². The van der Waals surface area contributed by atoms with E-state index in [0.29, 0.717) is 28.6 Å². The molecular formula is C20H21N5O2. The third kappa shape index (κ3) is 3.98. The number of methoxy groups -OCH3 is 1. The first-order chi connectivity index (χ1) is 13.0. The summed E-state index contributed by atoms with van der Waals surface area (Å²) in [7, 11) is 1.34. The average Bonchev–Trinajstić information content (AvgIpc) is 2.67. The summed E-state index contributed by atoms with van der Waals surface area (Å²) in [5.41, 5.74) is 10.8. The fourth-order valence-corrected chi connectivity index (χ4v) is 2.56. The largest absolute Gasteiger partial charge is 0.465 e. The van der Waals surface area contributed by atoms with Crippen molar-refractivity contribution in [2.75, 3.05) is 23.5 Å². The SMILES string of the molecule is COC(=O)c1ccccc1Nc1ncnc(Nc2ccc(C)c(C)c2)c1N. The van der Waals surface area contributed by atoms with Crippen molar-refractivity contribution in [1.82, 2.24) is 9.97 Å². The lowest BCUT2D eigenvalue weighted by atomic mass is 10.1. The zero-order valence-corrected chi connectivity index (χ0v) is 15.4. The van der Waals surface area contributed by atoms with Crippen molar-refractivity contribution in [1.29, 1.82) is 0 Å². The van der Waals surface area contributed by atoms with Crippen molar-refractivity contribution < 1.29 is 9.53 Å². The Labute approximate surface area is 157 Å². The number of benzene rings is 2. The molecule has 1 aromatic heterocycles. The quantitative estimate of drug-likeness (QED) is 0.590. The molecule has 0 fully saturated rings. The maximum atomic E-state index is 11.9. The Balaban J connectivity index is 1.90. The number of nitrogens with one attached hydrogen (secondary N) is 2. The van der Waals surface area contributed by atoms with Gasteiger partial charge < -0.3 is 21.1 Å². The van der Waals surface area contributed by atoms with Crippen molar-refractivity contribution in [3.8, 4) is 0 Å². The third-order valence-electron chi connectivity index (χ3n) is 4.24. The van der Waals surface area contributed by atoms with Gasteiger partial charge in [-0.25, -0.2) is 14.8 Å². The number of nitrogen functional groups attached to an aromatic ring is 1. The number of nitrogens with zero attached hydrogens (tertiary/aromatic N) is 2. The van der Waals surface area contributed by atoms with Crippen LogP contribution in [0.1, 0.15) is 21.5 Å². The van der Waals surface area contributed by atoms with Crippen LogP contribution in [0.25, 0.3) is 0 Å². The second-order valence-electron chi connectivity index (χ2n) is 6.07. The number of ether oxygens (including phenoxy) is 1. The predicted octanol–water partition coefficient (Wildman–Crippen LogP) is 3.95. The molecule has 3 rings (SSSR count). The van der Waals surface area contributed by atoms with Gasteiger partial charge in [0.25, 0.3) is 0 Å². The van der Waals surface area contributed by atoms with Gasteiger partial charge in [-0.1, -0.05) is 18.2 Å². The maximum absolute atomic E-state index is 11.9. The molecule has 27 heavy (non-hydrogen) atoms. The van der Waals surface area contributed by atoms with Gasteiger partial charge in [0, 0.05) is 5.69 Å². The van der Waals surface area contributed by atoms with Gasteiger partial charge in [0.1, 0.15) is 12.0 Å². The first kappa shape index (κ1) is 18.2. The lowest BCUT2D eigenvalue weighted by Gasteiger charge is -2.14. The van der Waals surface area contributed by atoms with Crippen LogP contribution in [0.15, 0.2) is 48.8 Å². The van der Waals surface area contributed by atoms with Crippen LogP contribution in [0.2, 0.25) is 0 Å². The summed E-state index contributed by atoms with van der Waals surface area (Å²) in [6, 6.07) is 13.0.